The summed E-state index contributed by atoms with van der Waals surface area (Å²) < 4.78 is 0. The number of fused-ring (bicyclic) bond motifs is 1. The number of anilines is 2. The van der Waals surface area contributed by atoms with Crippen molar-refractivity contribution in [2.24, 2.45) is 0 Å². The molecule has 0 aliphatic heterocycles. The van der Waals surface area contributed by atoms with Crippen LogP contribution in [-0.4, -0.2) is 9.97 Å². The van der Waals surface area contributed by atoms with E-state index >= 15 is 0 Å². The van der Waals surface area contributed by atoms with Gasteiger partial charge in [-0.25, -0.2) is 4.98 Å². The number of aromatic nitrogens is 2. The fourth-order valence-corrected chi connectivity index (χ4v) is 2.52. The maximum atomic E-state index is 11.8. The quantitative estimate of drug-likeness (QED) is 0.747. The first-order valence-corrected chi connectivity index (χ1v) is 7.61. The van der Waals surface area contributed by atoms with E-state index in [0.717, 1.165) is 41.4 Å². The zero-order valence-corrected chi connectivity index (χ0v) is 12.6. The standard InChI is InChI=1S/C18H19N3O/c1-2-3-9-14-12-17(22)21-18(19-14)20-16-11-6-8-13-7-4-5-10-15(13)16/h4-8,10-12H,2-3,9H2,1H3,(H2,19,20,21,22). The van der Waals surface area contributed by atoms with Gasteiger partial charge in [-0.05, 0) is 24.3 Å². The smallest absolute Gasteiger partial charge is 0.252 e. The van der Waals surface area contributed by atoms with Gasteiger partial charge in [-0.3, -0.25) is 9.78 Å². The van der Waals surface area contributed by atoms with E-state index in [0.29, 0.717) is 5.95 Å². The third kappa shape index (κ3) is 3.17. The zero-order chi connectivity index (χ0) is 15.4. The molecule has 4 heteroatoms. The van der Waals surface area contributed by atoms with Crippen LogP contribution in [0.2, 0.25) is 0 Å². The summed E-state index contributed by atoms with van der Waals surface area (Å²) in [4.78, 5) is 19.1. The minimum Gasteiger partial charge on any atom is -0.325 e. The van der Waals surface area contributed by atoms with Crippen molar-refractivity contribution >= 4 is 22.4 Å². The highest BCUT2D eigenvalue weighted by atomic mass is 16.1. The molecule has 0 fully saturated rings. The molecule has 2 N–H and O–H groups in total. The van der Waals surface area contributed by atoms with Crippen LogP contribution in [0.3, 0.4) is 0 Å². The van der Waals surface area contributed by atoms with Crippen LogP contribution in [0.25, 0.3) is 10.8 Å². The van der Waals surface area contributed by atoms with E-state index in [1.165, 1.54) is 0 Å². The Morgan fingerprint density at radius 2 is 1.95 bits per heavy atom. The van der Waals surface area contributed by atoms with Gasteiger partial charge in [0.15, 0.2) is 0 Å². The second-order valence-corrected chi connectivity index (χ2v) is 5.34. The Labute approximate surface area is 129 Å². The van der Waals surface area contributed by atoms with Crippen LogP contribution in [0, 0.1) is 0 Å². The topological polar surface area (TPSA) is 57.8 Å². The largest absolute Gasteiger partial charge is 0.325 e. The maximum absolute atomic E-state index is 11.8. The van der Waals surface area contributed by atoms with Crippen LogP contribution >= 0.6 is 0 Å². The summed E-state index contributed by atoms with van der Waals surface area (Å²) in [5.74, 6) is 0.495. The molecule has 2 aromatic carbocycles. The number of rotatable bonds is 5. The third-order valence-corrected chi connectivity index (χ3v) is 3.62. The molecular formula is C18H19N3O. The summed E-state index contributed by atoms with van der Waals surface area (Å²) in [5, 5.41) is 5.49. The van der Waals surface area contributed by atoms with Gasteiger partial charge in [-0.2, -0.15) is 0 Å². The van der Waals surface area contributed by atoms with Crippen molar-refractivity contribution in [1.82, 2.24) is 9.97 Å². The lowest BCUT2D eigenvalue weighted by atomic mass is 10.1. The Kier molecular flexibility index (Phi) is 4.19. The first-order valence-electron chi connectivity index (χ1n) is 7.61. The van der Waals surface area contributed by atoms with Crippen molar-refractivity contribution in [1.29, 1.82) is 0 Å². The fourth-order valence-electron chi connectivity index (χ4n) is 2.52. The number of benzene rings is 2. The highest BCUT2D eigenvalue weighted by molar-refractivity contribution is 5.94. The molecule has 0 saturated heterocycles. The molecule has 0 unspecified atom stereocenters. The minimum absolute atomic E-state index is 0.121. The van der Waals surface area contributed by atoms with E-state index in [2.05, 4.69) is 40.4 Å². The van der Waals surface area contributed by atoms with Gasteiger partial charge in [0.2, 0.25) is 5.95 Å². The zero-order valence-electron chi connectivity index (χ0n) is 12.6. The predicted octanol–water partition coefficient (Wildman–Crippen LogP) is 4.01. The van der Waals surface area contributed by atoms with E-state index in [1.54, 1.807) is 6.07 Å². The van der Waals surface area contributed by atoms with Crippen LogP contribution in [0.15, 0.2) is 53.3 Å². The van der Waals surface area contributed by atoms with Crippen molar-refractivity contribution in [2.45, 2.75) is 26.2 Å². The van der Waals surface area contributed by atoms with E-state index in [-0.39, 0.29) is 5.56 Å². The number of nitrogens with one attached hydrogen (secondary N) is 2. The SMILES string of the molecule is CCCCc1cc(=O)[nH]c(Nc2cccc3ccccc23)n1. The minimum atomic E-state index is -0.121. The first-order chi connectivity index (χ1) is 10.8. The van der Waals surface area contributed by atoms with Gasteiger partial charge >= 0.3 is 0 Å². The Morgan fingerprint density at radius 3 is 2.82 bits per heavy atom. The van der Waals surface area contributed by atoms with Crippen molar-refractivity contribution in [3.8, 4) is 0 Å². The molecule has 0 spiro atoms. The Morgan fingerprint density at radius 1 is 1.14 bits per heavy atom. The Balaban J connectivity index is 1.95. The highest BCUT2D eigenvalue weighted by Gasteiger charge is 2.04. The van der Waals surface area contributed by atoms with E-state index in [9.17, 15) is 4.79 Å². The van der Waals surface area contributed by atoms with Gasteiger partial charge in [-0.1, -0.05) is 49.7 Å². The summed E-state index contributed by atoms with van der Waals surface area (Å²) >= 11 is 0. The molecule has 3 rings (SSSR count). The van der Waals surface area contributed by atoms with Gasteiger partial charge in [0, 0.05) is 22.8 Å². The molecule has 0 aliphatic rings. The monoisotopic (exact) mass is 293 g/mol. The molecule has 0 radical (unpaired) electrons. The average molecular weight is 293 g/mol. The lowest BCUT2D eigenvalue weighted by Crippen LogP contribution is -2.12. The lowest BCUT2D eigenvalue weighted by molar-refractivity contribution is 0.772. The second kappa shape index (κ2) is 6.43. The summed E-state index contributed by atoms with van der Waals surface area (Å²) in [6.45, 7) is 2.13. The van der Waals surface area contributed by atoms with Crippen LogP contribution in [0.4, 0.5) is 11.6 Å². The van der Waals surface area contributed by atoms with Gasteiger partial charge in [-0.15, -0.1) is 0 Å². The molecule has 1 heterocycles. The molecule has 0 aliphatic carbocycles. The summed E-state index contributed by atoms with van der Waals surface area (Å²) in [7, 11) is 0. The van der Waals surface area contributed by atoms with Crippen molar-refractivity contribution in [3.63, 3.8) is 0 Å². The molecule has 0 amide bonds. The first kappa shape index (κ1) is 14.3. The molecule has 1 aromatic heterocycles. The van der Waals surface area contributed by atoms with Crippen molar-refractivity contribution < 1.29 is 0 Å². The third-order valence-electron chi connectivity index (χ3n) is 3.62. The van der Waals surface area contributed by atoms with Crippen molar-refractivity contribution in [3.05, 3.63) is 64.6 Å². The molecule has 4 nitrogen and oxygen atoms in total. The number of nitrogens with zero attached hydrogens (tertiary/aromatic N) is 1. The number of hydrogen-bond acceptors (Lipinski definition) is 3. The lowest BCUT2D eigenvalue weighted by Gasteiger charge is -2.10. The van der Waals surface area contributed by atoms with Crippen molar-refractivity contribution in [2.75, 3.05) is 5.32 Å². The molecule has 3 aromatic rings. The van der Waals surface area contributed by atoms with Gasteiger partial charge in [0.05, 0.1) is 0 Å². The Hall–Kier alpha value is -2.62. The molecule has 112 valence electrons. The molecule has 0 atom stereocenters. The van der Waals surface area contributed by atoms with Gasteiger partial charge in [0.25, 0.3) is 5.56 Å². The molecule has 22 heavy (non-hydrogen) atoms. The average Bonchev–Trinajstić information content (AvgIpc) is 2.53. The van der Waals surface area contributed by atoms with Gasteiger partial charge < -0.3 is 5.32 Å². The van der Waals surface area contributed by atoms with E-state index < -0.39 is 0 Å². The van der Waals surface area contributed by atoms with Crippen LogP contribution in [-0.2, 0) is 6.42 Å². The van der Waals surface area contributed by atoms with E-state index in [4.69, 9.17) is 0 Å². The molecule has 0 saturated carbocycles. The number of aromatic amines is 1. The summed E-state index contributed by atoms with van der Waals surface area (Å²) in [5.41, 5.74) is 1.64. The van der Waals surface area contributed by atoms with Crippen LogP contribution < -0.4 is 10.9 Å². The van der Waals surface area contributed by atoms with Gasteiger partial charge in [0.1, 0.15) is 0 Å². The van der Waals surface area contributed by atoms with Crippen LogP contribution in [0.1, 0.15) is 25.5 Å². The maximum Gasteiger partial charge on any atom is 0.252 e. The summed E-state index contributed by atoms with van der Waals surface area (Å²) in [6.07, 6.45) is 2.94. The summed E-state index contributed by atoms with van der Waals surface area (Å²) in [6, 6.07) is 15.7. The Bertz CT molecular complexity index is 834. The van der Waals surface area contributed by atoms with E-state index in [1.807, 2.05) is 24.3 Å². The number of hydrogen-bond donors (Lipinski definition) is 2. The predicted molar refractivity (Wildman–Crippen MR) is 90.7 cm³/mol. The van der Waals surface area contributed by atoms with Crippen LogP contribution in [0.5, 0.6) is 0 Å². The highest BCUT2D eigenvalue weighted by Crippen LogP contribution is 2.24. The number of unbranched alkanes of at least 4 members (excludes halogenated alkanes) is 1. The molecule has 0 bridgehead atoms. The number of aryl methyl sites for hydroxylation is 1. The molecular weight excluding hydrogens is 274 g/mol. The fraction of sp³-hybridized carbons (Fsp3) is 0.222. The normalized spacial score (nSPS) is 10.8. The number of H-pyrrole nitrogens is 1. The second-order valence-electron chi connectivity index (χ2n) is 5.34.